The van der Waals surface area contributed by atoms with Gasteiger partial charge in [-0.15, -0.1) is 0 Å². The number of hydrogen-bond donors (Lipinski definition) is 0. The second-order valence-corrected chi connectivity index (χ2v) is 8.28. The van der Waals surface area contributed by atoms with Gasteiger partial charge in [0.25, 0.3) is 0 Å². The smallest absolute Gasteiger partial charge is 0.142 e. The third-order valence-electron chi connectivity index (χ3n) is 5.75. The van der Waals surface area contributed by atoms with Crippen LogP contribution >= 0.6 is 11.6 Å². The van der Waals surface area contributed by atoms with Crippen LogP contribution in [0.4, 0.5) is 8.78 Å². The van der Waals surface area contributed by atoms with Crippen LogP contribution in [0.5, 0.6) is 0 Å². The molecule has 1 fully saturated rings. The highest BCUT2D eigenvalue weighted by Crippen LogP contribution is 2.30. The van der Waals surface area contributed by atoms with Crippen LogP contribution in [0.2, 0.25) is 0 Å². The summed E-state index contributed by atoms with van der Waals surface area (Å²) in [5, 5.41) is 0. The number of pyridine rings is 1. The normalized spacial score (nSPS) is 18.9. The molecule has 0 aliphatic heterocycles. The fourth-order valence-corrected chi connectivity index (χ4v) is 4.10. The molecule has 1 aromatic heterocycles. The lowest BCUT2D eigenvalue weighted by molar-refractivity contribution is 0.365. The van der Waals surface area contributed by atoms with Gasteiger partial charge in [-0.3, -0.25) is 4.98 Å². The van der Waals surface area contributed by atoms with E-state index in [1.807, 2.05) is 18.2 Å². The minimum atomic E-state index is -0.634. The molecule has 1 saturated carbocycles. The first kappa shape index (κ1) is 22.5. The van der Waals surface area contributed by atoms with Crippen molar-refractivity contribution >= 4 is 11.6 Å². The zero-order chi connectivity index (χ0) is 21.3. The minimum Gasteiger partial charge on any atom is -0.256 e. The van der Waals surface area contributed by atoms with Gasteiger partial charge < -0.3 is 0 Å². The zero-order valence-electron chi connectivity index (χ0n) is 17.4. The van der Waals surface area contributed by atoms with Gasteiger partial charge >= 0.3 is 0 Å². The molecule has 0 saturated heterocycles. The van der Waals surface area contributed by atoms with E-state index in [1.54, 1.807) is 11.7 Å². The summed E-state index contributed by atoms with van der Waals surface area (Å²) in [6.07, 6.45) is 12.1. The van der Waals surface area contributed by atoms with Crippen LogP contribution in [0, 0.1) is 35.3 Å². The lowest BCUT2D eigenvalue weighted by Crippen LogP contribution is -2.11. The van der Waals surface area contributed by atoms with Crippen molar-refractivity contribution in [1.29, 1.82) is 0 Å². The number of aromatic nitrogens is 1. The predicted octanol–water partition coefficient (Wildman–Crippen LogP) is 7.67. The molecule has 3 rings (SSSR count). The van der Waals surface area contributed by atoms with Crippen LogP contribution in [0.3, 0.4) is 0 Å². The van der Waals surface area contributed by atoms with Crippen molar-refractivity contribution in [2.24, 2.45) is 11.8 Å². The fraction of sp³-hybridized carbons (Fsp3) is 0.423. The van der Waals surface area contributed by atoms with Gasteiger partial charge in [0.2, 0.25) is 0 Å². The third kappa shape index (κ3) is 6.16. The first-order chi connectivity index (χ1) is 14.6. The second-order valence-electron chi connectivity index (χ2n) is 8.02. The van der Waals surface area contributed by atoms with Crippen LogP contribution in [-0.2, 0) is 6.42 Å². The average molecular weight is 428 g/mol. The van der Waals surface area contributed by atoms with Crippen molar-refractivity contribution in [3.63, 3.8) is 0 Å². The van der Waals surface area contributed by atoms with Crippen LogP contribution in [0.1, 0.15) is 63.0 Å². The summed E-state index contributed by atoms with van der Waals surface area (Å²) in [5.74, 6) is 5.21. The minimum absolute atomic E-state index is 0.155. The van der Waals surface area contributed by atoms with E-state index < -0.39 is 11.6 Å². The van der Waals surface area contributed by atoms with Gasteiger partial charge in [0.05, 0.1) is 11.3 Å². The molecule has 0 atom stereocenters. The molecule has 1 heterocycles. The first-order valence-electron chi connectivity index (χ1n) is 10.8. The van der Waals surface area contributed by atoms with E-state index in [0.717, 1.165) is 44.1 Å². The Morgan fingerprint density at radius 1 is 1.10 bits per heavy atom. The van der Waals surface area contributed by atoms with Gasteiger partial charge in [-0.25, -0.2) is 8.78 Å². The summed E-state index contributed by atoms with van der Waals surface area (Å²) < 4.78 is 29.2. The summed E-state index contributed by atoms with van der Waals surface area (Å²) in [5.41, 5.74) is 3.56. The van der Waals surface area contributed by atoms with E-state index in [2.05, 4.69) is 23.7 Å². The molecule has 0 unspecified atom stereocenters. The number of unbranched alkanes of at least 4 members (excludes halogenated alkanes) is 2. The largest absolute Gasteiger partial charge is 0.256 e. The van der Waals surface area contributed by atoms with E-state index in [4.69, 9.17) is 11.6 Å². The molecule has 1 nitrogen and oxygen atoms in total. The maximum absolute atomic E-state index is 14.6. The topological polar surface area (TPSA) is 12.9 Å². The predicted molar refractivity (Wildman–Crippen MR) is 120 cm³/mol. The van der Waals surface area contributed by atoms with Gasteiger partial charge in [0.1, 0.15) is 11.6 Å². The van der Waals surface area contributed by atoms with E-state index in [0.29, 0.717) is 17.2 Å². The van der Waals surface area contributed by atoms with Gasteiger partial charge in [-0.1, -0.05) is 55.3 Å². The Hall–Kier alpha value is -2.18. The number of nitrogens with zero attached hydrogens (tertiary/aromatic N) is 1. The Labute approximate surface area is 183 Å². The molecule has 1 aliphatic carbocycles. The van der Waals surface area contributed by atoms with Crippen LogP contribution < -0.4 is 0 Å². The Morgan fingerprint density at radius 2 is 1.83 bits per heavy atom. The van der Waals surface area contributed by atoms with Crippen molar-refractivity contribution in [2.75, 3.05) is 0 Å². The molecule has 1 aliphatic rings. The molecular formula is C26H28ClF2N. The summed E-state index contributed by atoms with van der Waals surface area (Å²) in [7, 11) is 0. The van der Waals surface area contributed by atoms with E-state index in [1.165, 1.54) is 25.0 Å². The highest BCUT2D eigenvalue weighted by Gasteiger charge is 2.18. The number of benzene rings is 1. The van der Waals surface area contributed by atoms with E-state index in [-0.39, 0.29) is 11.5 Å². The van der Waals surface area contributed by atoms with Crippen LogP contribution in [0.15, 0.2) is 42.1 Å². The standard InChI is InChI=1S/C26H28ClF2N/c1-2-3-4-5-21-11-13-26(30-18-21)22-16-24(28)23(25(29)17-22)12-10-19-6-8-20(9-7-19)14-15-27/h11,13-20H,2-9H2,1H3/b15-14+. The first-order valence-corrected chi connectivity index (χ1v) is 11.3. The number of hydrogen-bond acceptors (Lipinski definition) is 1. The molecule has 0 N–H and O–H groups in total. The van der Waals surface area contributed by atoms with E-state index in [9.17, 15) is 8.78 Å². The van der Waals surface area contributed by atoms with Crippen molar-refractivity contribution < 1.29 is 8.78 Å². The summed E-state index contributed by atoms with van der Waals surface area (Å²) >= 11 is 5.64. The maximum atomic E-state index is 14.6. The third-order valence-corrected chi connectivity index (χ3v) is 5.90. The Kier molecular flexibility index (Phi) is 8.46. The quantitative estimate of drug-likeness (QED) is 0.340. The fourth-order valence-electron chi connectivity index (χ4n) is 3.90. The maximum Gasteiger partial charge on any atom is 0.142 e. The lowest BCUT2D eigenvalue weighted by atomic mass is 9.82. The second kappa shape index (κ2) is 11.3. The highest BCUT2D eigenvalue weighted by molar-refractivity contribution is 6.25. The molecule has 1 aromatic carbocycles. The molecule has 0 amide bonds. The number of allylic oxidation sites excluding steroid dienone is 1. The molecule has 158 valence electrons. The van der Waals surface area contributed by atoms with E-state index >= 15 is 0 Å². The number of rotatable bonds is 6. The Morgan fingerprint density at radius 3 is 2.43 bits per heavy atom. The SMILES string of the molecule is CCCCCc1ccc(-c2cc(F)c(C#CC3CCC(/C=C/Cl)CC3)c(F)c2)nc1. The number of aryl methyl sites for hydroxylation is 1. The van der Waals surface area contributed by atoms with Crippen molar-refractivity contribution in [1.82, 2.24) is 4.98 Å². The molecule has 0 radical (unpaired) electrons. The monoisotopic (exact) mass is 427 g/mol. The highest BCUT2D eigenvalue weighted by atomic mass is 35.5. The Bertz CT molecular complexity index is 893. The summed E-state index contributed by atoms with van der Waals surface area (Å²) in [4.78, 5) is 4.40. The molecule has 0 bridgehead atoms. The van der Waals surface area contributed by atoms with Crippen LogP contribution in [-0.4, -0.2) is 4.98 Å². The molecule has 4 heteroatoms. The molecule has 0 spiro atoms. The lowest BCUT2D eigenvalue weighted by Gasteiger charge is -2.22. The zero-order valence-corrected chi connectivity index (χ0v) is 18.2. The van der Waals surface area contributed by atoms with Gasteiger partial charge in [0, 0.05) is 23.2 Å². The van der Waals surface area contributed by atoms with Gasteiger partial charge in [0.15, 0.2) is 0 Å². The summed E-state index contributed by atoms with van der Waals surface area (Å²) in [6, 6.07) is 6.47. The molecule has 2 aromatic rings. The van der Waals surface area contributed by atoms with Crippen molar-refractivity contribution in [3.05, 3.63) is 64.8 Å². The Balaban J connectivity index is 1.69. The van der Waals surface area contributed by atoms with Gasteiger partial charge in [-0.05, 0) is 68.2 Å². The number of halogens is 3. The van der Waals surface area contributed by atoms with Crippen molar-refractivity contribution in [3.8, 4) is 23.1 Å². The molecular weight excluding hydrogens is 400 g/mol. The average Bonchev–Trinajstić information content (AvgIpc) is 2.75. The molecule has 30 heavy (non-hydrogen) atoms. The summed E-state index contributed by atoms with van der Waals surface area (Å²) in [6.45, 7) is 2.17. The van der Waals surface area contributed by atoms with Crippen molar-refractivity contribution in [2.45, 2.75) is 58.3 Å². The van der Waals surface area contributed by atoms with Crippen LogP contribution in [0.25, 0.3) is 11.3 Å². The van der Waals surface area contributed by atoms with Gasteiger partial charge in [-0.2, -0.15) is 0 Å².